The highest BCUT2D eigenvalue weighted by Gasteiger charge is 2.33. The summed E-state index contributed by atoms with van der Waals surface area (Å²) in [5.41, 5.74) is 0. The van der Waals surface area contributed by atoms with Gasteiger partial charge in [-0.15, -0.1) is 0 Å². The lowest BCUT2D eigenvalue weighted by Crippen LogP contribution is -2.51. The Bertz CT molecular complexity index is 273. The number of carbonyl (C=O) groups is 1. The first-order chi connectivity index (χ1) is 8.72. The van der Waals surface area contributed by atoms with E-state index in [1.165, 1.54) is 39.2 Å². The van der Waals surface area contributed by atoms with Crippen LogP contribution in [0.4, 0.5) is 0 Å². The molecule has 0 radical (unpaired) electrons. The van der Waals surface area contributed by atoms with Crippen LogP contribution >= 0.6 is 0 Å². The fourth-order valence-electron chi connectivity index (χ4n) is 3.01. The van der Waals surface area contributed by atoms with Gasteiger partial charge in [-0.1, -0.05) is 6.42 Å². The molecular formula is C14H26N2O2. The van der Waals surface area contributed by atoms with Crippen LogP contribution in [0.5, 0.6) is 0 Å². The predicted molar refractivity (Wildman–Crippen MR) is 71.4 cm³/mol. The SMILES string of the molecule is COC(=O)C(C)N(CC1CCNCC1)C1CCC1. The molecular weight excluding hydrogens is 228 g/mol. The van der Waals surface area contributed by atoms with Crippen LogP contribution in [0.25, 0.3) is 0 Å². The monoisotopic (exact) mass is 254 g/mol. The van der Waals surface area contributed by atoms with E-state index < -0.39 is 0 Å². The highest BCUT2D eigenvalue weighted by Crippen LogP contribution is 2.29. The number of nitrogens with zero attached hydrogens (tertiary/aromatic N) is 1. The van der Waals surface area contributed by atoms with E-state index in [1.54, 1.807) is 0 Å². The number of methoxy groups -OCH3 is 1. The maximum atomic E-state index is 11.8. The Hall–Kier alpha value is -0.610. The van der Waals surface area contributed by atoms with Crippen LogP contribution < -0.4 is 5.32 Å². The molecule has 0 aromatic heterocycles. The molecule has 4 heteroatoms. The molecule has 2 fully saturated rings. The molecule has 2 rings (SSSR count). The molecule has 1 aliphatic heterocycles. The van der Waals surface area contributed by atoms with Crippen molar-refractivity contribution in [2.24, 2.45) is 5.92 Å². The van der Waals surface area contributed by atoms with Gasteiger partial charge in [-0.05, 0) is 51.6 Å². The Balaban J connectivity index is 1.93. The quantitative estimate of drug-likeness (QED) is 0.753. The molecule has 0 bridgehead atoms. The molecule has 1 N–H and O–H groups in total. The molecule has 4 nitrogen and oxygen atoms in total. The highest BCUT2D eigenvalue weighted by atomic mass is 16.5. The topological polar surface area (TPSA) is 41.6 Å². The van der Waals surface area contributed by atoms with Gasteiger partial charge < -0.3 is 10.1 Å². The zero-order valence-corrected chi connectivity index (χ0v) is 11.7. The number of nitrogens with one attached hydrogen (secondary N) is 1. The van der Waals surface area contributed by atoms with Crippen LogP contribution in [0, 0.1) is 5.92 Å². The summed E-state index contributed by atoms with van der Waals surface area (Å²) in [4.78, 5) is 14.2. The van der Waals surface area contributed by atoms with Crippen LogP contribution in [0.2, 0.25) is 0 Å². The summed E-state index contributed by atoms with van der Waals surface area (Å²) >= 11 is 0. The minimum Gasteiger partial charge on any atom is -0.468 e. The van der Waals surface area contributed by atoms with Crippen LogP contribution in [0.3, 0.4) is 0 Å². The van der Waals surface area contributed by atoms with Gasteiger partial charge in [0.15, 0.2) is 0 Å². The lowest BCUT2D eigenvalue weighted by atomic mass is 9.88. The number of esters is 1. The molecule has 1 saturated heterocycles. The van der Waals surface area contributed by atoms with Crippen LogP contribution in [-0.4, -0.2) is 49.7 Å². The average molecular weight is 254 g/mol. The van der Waals surface area contributed by atoms with Gasteiger partial charge >= 0.3 is 5.97 Å². The molecule has 1 unspecified atom stereocenters. The Morgan fingerprint density at radius 2 is 2.00 bits per heavy atom. The summed E-state index contributed by atoms with van der Waals surface area (Å²) in [6.45, 7) is 5.29. The van der Waals surface area contributed by atoms with Crippen molar-refractivity contribution in [3.63, 3.8) is 0 Å². The van der Waals surface area contributed by atoms with E-state index in [-0.39, 0.29) is 12.0 Å². The number of hydrogen-bond donors (Lipinski definition) is 1. The average Bonchev–Trinajstić information content (AvgIpc) is 2.35. The van der Waals surface area contributed by atoms with Crippen LogP contribution in [0.1, 0.15) is 39.0 Å². The summed E-state index contributed by atoms with van der Waals surface area (Å²) < 4.78 is 4.91. The molecule has 0 aromatic carbocycles. The Kier molecular flexibility index (Phi) is 5.01. The summed E-state index contributed by atoms with van der Waals surface area (Å²) in [5, 5.41) is 3.40. The van der Waals surface area contributed by atoms with E-state index in [0.29, 0.717) is 6.04 Å². The van der Waals surface area contributed by atoms with Gasteiger partial charge in [0.25, 0.3) is 0 Å². The number of hydrogen-bond acceptors (Lipinski definition) is 4. The molecule has 2 aliphatic rings. The molecule has 1 aliphatic carbocycles. The van der Waals surface area contributed by atoms with Crippen molar-refractivity contribution >= 4 is 5.97 Å². The number of piperidine rings is 1. The minimum atomic E-state index is -0.0878. The first kappa shape index (κ1) is 13.8. The van der Waals surface area contributed by atoms with Crippen molar-refractivity contribution in [2.45, 2.75) is 51.1 Å². The lowest BCUT2D eigenvalue weighted by molar-refractivity contribution is -0.148. The Morgan fingerprint density at radius 3 is 2.50 bits per heavy atom. The summed E-state index contributed by atoms with van der Waals surface area (Å²) in [5.74, 6) is 0.648. The van der Waals surface area contributed by atoms with Crippen molar-refractivity contribution in [1.82, 2.24) is 10.2 Å². The van der Waals surface area contributed by atoms with E-state index >= 15 is 0 Å². The third kappa shape index (κ3) is 3.23. The first-order valence-electron chi connectivity index (χ1n) is 7.26. The molecule has 18 heavy (non-hydrogen) atoms. The number of ether oxygens (including phenoxy) is 1. The van der Waals surface area contributed by atoms with Gasteiger partial charge in [-0.3, -0.25) is 9.69 Å². The van der Waals surface area contributed by atoms with Gasteiger partial charge in [0.2, 0.25) is 0 Å². The summed E-state index contributed by atoms with van der Waals surface area (Å²) in [6.07, 6.45) is 6.26. The van der Waals surface area contributed by atoms with Crippen molar-refractivity contribution in [3.8, 4) is 0 Å². The van der Waals surface area contributed by atoms with Crippen LogP contribution in [0.15, 0.2) is 0 Å². The molecule has 1 atom stereocenters. The van der Waals surface area contributed by atoms with E-state index in [9.17, 15) is 4.79 Å². The Labute approximate surface area is 110 Å². The second-order valence-corrected chi connectivity index (χ2v) is 5.67. The number of rotatable bonds is 5. The van der Waals surface area contributed by atoms with E-state index in [0.717, 1.165) is 25.6 Å². The van der Waals surface area contributed by atoms with E-state index in [1.807, 2.05) is 6.92 Å². The molecule has 0 spiro atoms. The maximum absolute atomic E-state index is 11.8. The van der Waals surface area contributed by atoms with E-state index in [4.69, 9.17) is 4.74 Å². The maximum Gasteiger partial charge on any atom is 0.322 e. The highest BCUT2D eigenvalue weighted by molar-refractivity contribution is 5.75. The molecule has 1 saturated carbocycles. The molecule has 104 valence electrons. The normalized spacial score (nSPS) is 23.7. The first-order valence-corrected chi connectivity index (χ1v) is 7.26. The third-order valence-corrected chi connectivity index (χ3v) is 4.51. The van der Waals surface area contributed by atoms with Crippen molar-refractivity contribution in [2.75, 3.05) is 26.7 Å². The second kappa shape index (κ2) is 6.53. The van der Waals surface area contributed by atoms with Gasteiger partial charge in [0, 0.05) is 12.6 Å². The van der Waals surface area contributed by atoms with Crippen molar-refractivity contribution in [3.05, 3.63) is 0 Å². The fraction of sp³-hybridized carbons (Fsp3) is 0.929. The van der Waals surface area contributed by atoms with Crippen LogP contribution in [-0.2, 0) is 9.53 Å². The number of carbonyl (C=O) groups excluding carboxylic acids is 1. The zero-order chi connectivity index (χ0) is 13.0. The minimum absolute atomic E-state index is 0.0872. The van der Waals surface area contributed by atoms with Gasteiger partial charge in [0.05, 0.1) is 7.11 Å². The smallest absolute Gasteiger partial charge is 0.322 e. The van der Waals surface area contributed by atoms with Crippen molar-refractivity contribution in [1.29, 1.82) is 0 Å². The standard InChI is InChI=1S/C14H26N2O2/c1-11(14(17)18-2)16(13-4-3-5-13)10-12-6-8-15-9-7-12/h11-13,15H,3-10H2,1-2H3. The zero-order valence-electron chi connectivity index (χ0n) is 11.7. The van der Waals surface area contributed by atoms with Gasteiger partial charge in [-0.2, -0.15) is 0 Å². The second-order valence-electron chi connectivity index (χ2n) is 5.67. The molecule has 0 amide bonds. The van der Waals surface area contributed by atoms with Crippen molar-refractivity contribution < 1.29 is 9.53 Å². The Morgan fingerprint density at radius 1 is 1.33 bits per heavy atom. The third-order valence-electron chi connectivity index (χ3n) is 4.51. The summed E-state index contributed by atoms with van der Waals surface area (Å²) in [7, 11) is 1.49. The largest absolute Gasteiger partial charge is 0.468 e. The fourth-order valence-corrected chi connectivity index (χ4v) is 3.01. The van der Waals surface area contributed by atoms with Gasteiger partial charge in [0.1, 0.15) is 6.04 Å². The summed E-state index contributed by atoms with van der Waals surface area (Å²) in [6, 6.07) is 0.518. The molecule has 1 heterocycles. The van der Waals surface area contributed by atoms with E-state index in [2.05, 4.69) is 10.2 Å². The predicted octanol–water partition coefficient (Wildman–Crippen LogP) is 1.40. The lowest BCUT2D eigenvalue weighted by Gasteiger charge is -2.42. The molecule has 0 aromatic rings. The van der Waals surface area contributed by atoms with Gasteiger partial charge in [-0.25, -0.2) is 0 Å².